The minimum absolute atomic E-state index is 0.0845. The lowest BCUT2D eigenvalue weighted by molar-refractivity contribution is -0.121. The summed E-state index contributed by atoms with van der Waals surface area (Å²) in [6, 6.07) is 3.73. The lowest BCUT2D eigenvalue weighted by atomic mass is 10.1. The van der Waals surface area contributed by atoms with Crippen LogP contribution in [0.2, 0.25) is 0 Å². The highest BCUT2D eigenvalue weighted by Gasteiger charge is 2.15. The first-order chi connectivity index (χ1) is 9.15. The highest BCUT2D eigenvalue weighted by Crippen LogP contribution is 2.10. The van der Waals surface area contributed by atoms with Crippen LogP contribution < -0.4 is 10.6 Å². The average molecular weight is 268 g/mol. The fourth-order valence-electron chi connectivity index (χ4n) is 2.28. The van der Waals surface area contributed by atoms with Gasteiger partial charge in [-0.1, -0.05) is 6.07 Å². The van der Waals surface area contributed by atoms with E-state index < -0.39 is 11.6 Å². The lowest BCUT2D eigenvalue weighted by Crippen LogP contribution is -2.36. The first kappa shape index (κ1) is 13.9. The Kier molecular flexibility index (Phi) is 4.85. The zero-order valence-electron chi connectivity index (χ0n) is 10.7. The van der Waals surface area contributed by atoms with E-state index in [0.29, 0.717) is 5.56 Å². The van der Waals surface area contributed by atoms with E-state index in [2.05, 4.69) is 10.6 Å². The minimum atomic E-state index is -0.913. The van der Waals surface area contributed by atoms with Gasteiger partial charge in [-0.2, -0.15) is 0 Å². The van der Waals surface area contributed by atoms with E-state index in [1.54, 1.807) is 0 Å². The molecule has 0 aromatic heterocycles. The predicted molar refractivity (Wildman–Crippen MR) is 68.7 cm³/mol. The Morgan fingerprint density at radius 2 is 2.11 bits per heavy atom. The molecule has 1 aliphatic rings. The zero-order chi connectivity index (χ0) is 13.7. The summed E-state index contributed by atoms with van der Waals surface area (Å²) in [5.41, 5.74) is 0.489. The average Bonchev–Trinajstić information content (AvgIpc) is 2.62. The van der Waals surface area contributed by atoms with Gasteiger partial charge in [0.25, 0.3) is 0 Å². The summed E-state index contributed by atoms with van der Waals surface area (Å²) in [6.07, 6.45) is 2.98. The van der Waals surface area contributed by atoms with Gasteiger partial charge >= 0.3 is 0 Å². The molecule has 0 radical (unpaired) electrons. The van der Waals surface area contributed by atoms with Crippen molar-refractivity contribution in [2.45, 2.75) is 31.7 Å². The Balaban J connectivity index is 1.87. The highest BCUT2D eigenvalue weighted by atomic mass is 19.2. The molecule has 1 fully saturated rings. The molecular weight excluding hydrogens is 250 g/mol. The van der Waals surface area contributed by atoms with Gasteiger partial charge in [0, 0.05) is 6.04 Å². The molecule has 1 atom stereocenters. The van der Waals surface area contributed by atoms with Crippen LogP contribution in [0.1, 0.15) is 24.8 Å². The largest absolute Gasteiger partial charge is 0.353 e. The third kappa shape index (κ3) is 4.28. The summed E-state index contributed by atoms with van der Waals surface area (Å²) in [5, 5.41) is 6.22. The number of amides is 1. The van der Waals surface area contributed by atoms with Crippen LogP contribution in [0.3, 0.4) is 0 Å². The smallest absolute Gasteiger partial charge is 0.224 e. The Morgan fingerprint density at radius 1 is 1.26 bits per heavy atom. The molecule has 2 rings (SSSR count). The molecule has 104 valence electrons. The predicted octanol–water partition coefficient (Wildman–Crippen LogP) is 1.77. The van der Waals surface area contributed by atoms with Crippen LogP contribution in [0.5, 0.6) is 0 Å². The van der Waals surface area contributed by atoms with E-state index in [4.69, 9.17) is 0 Å². The van der Waals surface area contributed by atoms with Crippen LogP contribution in [-0.4, -0.2) is 25.0 Å². The summed E-state index contributed by atoms with van der Waals surface area (Å²) in [5.74, 6) is -1.94. The van der Waals surface area contributed by atoms with Crippen LogP contribution >= 0.6 is 0 Å². The van der Waals surface area contributed by atoms with Crippen molar-refractivity contribution in [2.24, 2.45) is 0 Å². The van der Waals surface area contributed by atoms with Gasteiger partial charge in [-0.3, -0.25) is 4.79 Å². The second-order valence-corrected chi connectivity index (χ2v) is 4.87. The third-order valence-electron chi connectivity index (χ3n) is 3.29. The van der Waals surface area contributed by atoms with E-state index >= 15 is 0 Å². The Bertz CT molecular complexity index is 443. The molecular formula is C14H18F2N2O. The summed E-state index contributed by atoms with van der Waals surface area (Å²) in [6.45, 7) is 1.88. The van der Waals surface area contributed by atoms with Gasteiger partial charge in [-0.05, 0) is 50.0 Å². The molecule has 0 saturated carbocycles. The fraction of sp³-hybridized carbons (Fsp3) is 0.500. The van der Waals surface area contributed by atoms with E-state index in [-0.39, 0.29) is 18.4 Å². The topological polar surface area (TPSA) is 41.1 Å². The van der Waals surface area contributed by atoms with Crippen molar-refractivity contribution in [3.63, 3.8) is 0 Å². The van der Waals surface area contributed by atoms with Crippen molar-refractivity contribution in [3.8, 4) is 0 Å². The normalized spacial score (nSPS) is 19.8. The van der Waals surface area contributed by atoms with Crippen molar-refractivity contribution in [1.82, 2.24) is 10.6 Å². The first-order valence-corrected chi connectivity index (χ1v) is 6.59. The van der Waals surface area contributed by atoms with E-state index in [9.17, 15) is 13.6 Å². The van der Waals surface area contributed by atoms with Crippen molar-refractivity contribution in [2.75, 3.05) is 13.1 Å². The lowest BCUT2D eigenvalue weighted by Gasteiger charge is -2.15. The molecule has 5 heteroatoms. The molecule has 1 aromatic carbocycles. The Morgan fingerprint density at radius 3 is 2.89 bits per heavy atom. The quantitative estimate of drug-likeness (QED) is 0.877. The molecule has 0 aliphatic carbocycles. The number of halogens is 2. The molecule has 1 aromatic rings. The van der Waals surface area contributed by atoms with Crippen molar-refractivity contribution in [3.05, 3.63) is 35.4 Å². The number of nitrogens with one attached hydrogen (secondary N) is 2. The summed E-state index contributed by atoms with van der Waals surface area (Å²) in [7, 11) is 0. The van der Waals surface area contributed by atoms with Gasteiger partial charge in [0.1, 0.15) is 0 Å². The Hall–Kier alpha value is -1.49. The zero-order valence-corrected chi connectivity index (χ0v) is 10.7. The first-order valence-electron chi connectivity index (χ1n) is 6.59. The molecule has 0 spiro atoms. The third-order valence-corrected chi connectivity index (χ3v) is 3.29. The fourth-order valence-corrected chi connectivity index (χ4v) is 2.28. The maximum atomic E-state index is 13.0. The SMILES string of the molecule is O=C(Cc1ccc(F)c(F)c1)NC1CCCNCC1. The standard InChI is InChI=1S/C14H18F2N2O/c15-12-4-3-10(8-13(12)16)9-14(19)18-11-2-1-6-17-7-5-11/h3-4,8,11,17H,1-2,5-7,9H2,(H,18,19). The molecule has 1 saturated heterocycles. The molecule has 2 N–H and O–H groups in total. The van der Waals surface area contributed by atoms with E-state index in [1.807, 2.05) is 0 Å². The number of rotatable bonds is 3. The summed E-state index contributed by atoms with van der Waals surface area (Å²) < 4.78 is 25.8. The molecule has 1 aliphatic heterocycles. The Labute approximate surface area is 111 Å². The molecule has 0 bridgehead atoms. The molecule has 1 unspecified atom stereocenters. The molecule has 3 nitrogen and oxygen atoms in total. The number of carbonyl (C=O) groups excluding carboxylic acids is 1. The van der Waals surface area contributed by atoms with Gasteiger partial charge in [0.2, 0.25) is 5.91 Å². The van der Waals surface area contributed by atoms with Crippen molar-refractivity contribution in [1.29, 1.82) is 0 Å². The monoisotopic (exact) mass is 268 g/mol. The van der Waals surface area contributed by atoms with Crippen molar-refractivity contribution < 1.29 is 13.6 Å². The minimum Gasteiger partial charge on any atom is -0.353 e. The second-order valence-electron chi connectivity index (χ2n) is 4.87. The van der Waals surface area contributed by atoms with Crippen LogP contribution in [0, 0.1) is 11.6 Å². The van der Waals surface area contributed by atoms with E-state index in [0.717, 1.165) is 44.5 Å². The van der Waals surface area contributed by atoms with Crippen LogP contribution in [-0.2, 0) is 11.2 Å². The highest BCUT2D eigenvalue weighted by molar-refractivity contribution is 5.78. The second kappa shape index (κ2) is 6.61. The number of benzene rings is 1. The van der Waals surface area contributed by atoms with Gasteiger partial charge < -0.3 is 10.6 Å². The van der Waals surface area contributed by atoms with E-state index in [1.165, 1.54) is 6.07 Å². The van der Waals surface area contributed by atoms with Gasteiger partial charge in [-0.15, -0.1) is 0 Å². The summed E-state index contributed by atoms with van der Waals surface area (Å²) >= 11 is 0. The van der Waals surface area contributed by atoms with Crippen molar-refractivity contribution >= 4 is 5.91 Å². The molecule has 1 heterocycles. The van der Waals surface area contributed by atoms with Crippen LogP contribution in [0.4, 0.5) is 8.78 Å². The number of hydrogen-bond donors (Lipinski definition) is 2. The molecule has 19 heavy (non-hydrogen) atoms. The van der Waals surface area contributed by atoms with Gasteiger partial charge in [-0.25, -0.2) is 8.78 Å². The molecule has 1 amide bonds. The van der Waals surface area contributed by atoms with Gasteiger partial charge in [0.05, 0.1) is 6.42 Å². The maximum Gasteiger partial charge on any atom is 0.224 e. The number of hydrogen-bond acceptors (Lipinski definition) is 2. The van der Waals surface area contributed by atoms with Gasteiger partial charge in [0.15, 0.2) is 11.6 Å². The maximum absolute atomic E-state index is 13.0. The number of carbonyl (C=O) groups is 1. The van der Waals surface area contributed by atoms with Crippen LogP contribution in [0.25, 0.3) is 0 Å². The van der Waals surface area contributed by atoms with Crippen LogP contribution in [0.15, 0.2) is 18.2 Å². The summed E-state index contributed by atoms with van der Waals surface area (Å²) in [4.78, 5) is 11.8.